The maximum atomic E-state index is 12.6. The molecule has 0 aromatic heterocycles. The second kappa shape index (κ2) is 7.78. The van der Waals surface area contributed by atoms with Crippen LogP contribution in [0.2, 0.25) is 0 Å². The highest BCUT2D eigenvalue weighted by atomic mass is 16.5. The monoisotopic (exact) mass is 348 g/mol. The van der Waals surface area contributed by atoms with Crippen LogP contribution >= 0.6 is 0 Å². The van der Waals surface area contributed by atoms with Crippen LogP contribution in [-0.4, -0.2) is 41.6 Å². The first kappa shape index (κ1) is 19.1. The highest BCUT2D eigenvalue weighted by Crippen LogP contribution is 2.46. The van der Waals surface area contributed by atoms with Crippen LogP contribution in [0.3, 0.4) is 0 Å². The third-order valence-electron chi connectivity index (χ3n) is 4.53. The average molecular weight is 348 g/mol. The standard InChI is InChI=1S/C19H24O6/c1-4-24-17(21)15-13(20)11-19(3,23)16(18(22)25-5-2)14(15)12-9-7-6-8-10-12/h6-10,14-16,23H,4-5,11H2,1-3H3/t14-,15+,16+,19+/m1/s1. The van der Waals surface area contributed by atoms with Crippen LogP contribution in [0, 0.1) is 11.8 Å². The molecule has 0 aliphatic heterocycles. The van der Waals surface area contributed by atoms with Crippen LogP contribution in [0.4, 0.5) is 0 Å². The maximum Gasteiger partial charge on any atom is 0.317 e. The van der Waals surface area contributed by atoms with Gasteiger partial charge in [-0.15, -0.1) is 0 Å². The van der Waals surface area contributed by atoms with Crippen molar-refractivity contribution in [3.63, 3.8) is 0 Å². The van der Waals surface area contributed by atoms with E-state index in [-0.39, 0.29) is 19.6 Å². The summed E-state index contributed by atoms with van der Waals surface area (Å²) in [5.41, 5.74) is -0.987. The zero-order valence-corrected chi connectivity index (χ0v) is 14.7. The number of esters is 2. The van der Waals surface area contributed by atoms with Crippen LogP contribution < -0.4 is 0 Å². The summed E-state index contributed by atoms with van der Waals surface area (Å²) < 4.78 is 10.2. The molecule has 1 N–H and O–H groups in total. The van der Waals surface area contributed by atoms with Gasteiger partial charge in [-0.1, -0.05) is 30.3 Å². The minimum absolute atomic E-state index is 0.130. The normalized spacial score (nSPS) is 29.1. The first-order valence-corrected chi connectivity index (χ1v) is 8.46. The number of Topliss-reactive ketones (excluding diaryl/α,β-unsaturated/α-hetero) is 1. The van der Waals surface area contributed by atoms with Gasteiger partial charge in [-0.25, -0.2) is 0 Å². The van der Waals surface area contributed by atoms with Crippen molar-refractivity contribution in [1.29, 1.82) is 0 Å². The molecule has 2 rings (SSSR count). The van der Waals surface area contributed by atoms with Gasteiger partial charge in [-0.3, -0.25) is 14.4 Å². The third-order valence-corrected chi connectivity index (χ3v) is 4.53. The van der Waals surface area contributed by atoms with Crippen LogP contribution in [0.5, 0.6) is 0 Å². The van der Waals surface area contributed by atoms with Crippen molar-refractivity contribution in [2.75, 3.05) is 13.2 Å². The SMILES string of the molecule is CCOC(=O)[C@H]1C(=O)C[C@](C)(O)[C@H](C(=O)OCC)[C@@H]1c1ccccc1. The van der Waals surface area contributed by atoms with Gasteiger partial charge in [0, 0.05) is 12.3 Å². The Morgan fingerprint density at radius 1 is 1.12 bits per heavy atom. The van der Waals surface area contributed by atoms with Crippen molar-refractivity contribution >= 4 is 17.7 Å². The molecule has 0 spiro atoms. The van der Waals surface area contributed by atoms with Gasteiger partial charge >= 0.3 is 11.9 Å². The molecule has 136 valence electrons. The van der Waals surface area contributed by atoms with E-state index in [1.807, 2.05) is 0 Å². The quantitative estimate of drug-likeness (QED) is 0.645. The smallest absolute Gasteiger partial charge is 0.317 e. The Kier molecular flexibility index (Phi) is 5.95. The Hall–Kier alpha value is -2.21. The lowest BCUT2D eigenvalue weighted by molar-refractivity contribution is -0.172. The third kappa shape index (κ3) is 3.90. The molecule has 0 bridgehead atoms. The van der Waals surface area contributed by atoms with Gasteiger partial charge in [0.1, 0.15) is 5.92 Å². The molecule has 25 heavy (non-hydrogen) atoms. The summed E-state index contributed by atoms with van der Waals surface area (Å²) in [6.45, 7) is 5.03. The number of benzene rings is 1. The average Bonchev–Trinajstić information content (AvgIpc) is 2.54. The molecule has 1 aliphatic carbocycles. The maximum absolute atomic E-state index is 12.6. The van der Waals surface area contributed by atoms with E-state index < -0.39 is 41.1 Å². The van der Waals surface area contributed by atoms with Crippen molar-refractivity contribution in [2.24, 2.45) is 11.8 Å². The van der Waals surface area contributed by atoms with Crippen molar-refractivity contribution in [3.8, 4) is 0 Å². The Morgan fingerprint density at radius 3 is 2.24 bits per heavy atom. The van der Waals surface area contributed by atoms with E-state index in [0.29, 0.717) is 5.56 Å². The zero-order valence-electron chi connectivity index (χ0n) is 14.7. The number of carbonyl (C=O) groups excluding carboxylic acids is 3. The number of hydrogen-bond donors (Lipinski definition) is 1. The molecule has 1 saturated carbocycles. The number of hydrogen-bond acceptors (Lipinski definition) is 6. The molecule has 1 fully saturated rings. The van der Waals surface area contributed by atoms with Gasteiger partial charge in [-0.05, 0) is 26.3 Å². The largest absolute Gasteiger partial charge is 0.466 e. The Labute approximate surface area is 147 Å². The molecule has 1 aromatic carbocycles. The number of ether oxygens (including phenoxy) is 2. The Morgan fingerprint density at radius 2 is 1.68 bits per heavy atom. The van der Waals surface area contributed by atoms with E-state index in [1.54, 1.807) is 44.2 Å². The Balaban J connectivity index is 2.57. The fourth-order valence-corrected chi connectivity index (χ4v) is 3.55. The summed E-state index contributed by atoms with van der Waals surface area (Å²) in [4.78, 5) is 37.7. The van der Waals surface area contributed by atoms with E-state index in [0.717, 1.165) is 0 Å². The van der Waals surface area contributed by atoms with Gasteiger partial charge in [0.15, 0.2) is 5.78 Å². The fourth-order valence-electron chi connectivity index (χ4n) is 3.55. The number of carbonyl (C=O) groups is 3. The number of aliphatic hydroxyl groups is 1. The molecule has 1 aromatic rings. The topological polar surface area (TPSA) is 89.9 Å². The van der Waals surface area contributed by atoms with Crippen LogP contribution in [-0.2, 0) is 23.9 Å². The summed E-state index contributed by atoms with van der Waals surface area (Å²) in [5.74, 6) is -4.75. The van der Waals surface area contributed by atoms with Crippen LogP contribution in [0.25, 0.3) is 0 Å². The van der Waals surface area contributed by atoms with Gasteiger partial charge in [0.2, 0.25) is 0 Å². The summed E-state index contributed by atoms with van der Waals surface area (Å²) in [6.07, 6.45) is -0.302. The highest BCUT2D eigenvalue weighted by molar-refractivity contribution is 6.02. The lowest BCUT2D eigenvalue weighted by atomic mass is 9.62. The summed E-state index contributed by atoms with van der Waals surface area (Å²) in [5, 5.41) is 10.8. The Bertz CT molecular complexity index is 637. The predicted octanol–water partition coefficient (Wildman–Crippen LogP) is 1.85. The second-order valence-corrected chi connectivity index (χ2v) is 6.40. The van der Waals surface area contributed by atoms with Crippen molar-refractivity contribution < 1.29 is 29.0 Å². The van der Waals surface area contributed by atoms with Crippen LogP contribution in [0.15, 0.2) is 30.3 Å². The highest BCUT2D eigenvalue weighted by Gasteiger charge is 2.57. The first-order chi connectivity index (χ1) is 11.8. The molecule has 0 radical (unpaired) electrons. The van der Waals surface area contributed by atoms with Crippen molar-refractivity contribution in [3.05, 3.63) is 35.9 Å². The predicted molar refractivity (Wildman–Crippen MR) is 89.7 cm³/mol. The zero-order chi connectivity index (χ0) is 18.6. The van der Waals surface area contributed by atoms with E-state index in [2.05, 4.69) is 0 Å². The molecule has 0 unspecified atom stereocenters. The molecular formula is C19H24O6. The van der Waals surface area contributed by atoms with E-state index in [4.69, 9.17) is 9.47 Å². The molecule has 0 heterocycles. The number of ketones is 1. The minimum Gasteiger partial charge on any atom is -0.466 e. The molecular weight excluding hydrogens is 324 g/mol. The van der Waals surface area contributed by atoms with Crippen LogP contribution in [0.1, 0.15) is 38.7 Å². The summed E-state index contributed by atoms with van der Waals surface area (Å²) in [7, 11) is 0. The lowest BCUT2D eigenvalue weighted by Crippen LogP contribution is -2.55. The first-order valence-electron chi connectivity index (χ1n) is 8.46. The molecule has 6 nitrogen and oxygen atoms in total. The fraction of sp³-hybridized carbons (Fsp3) is 0.526. The van der Waals surface area contributed by atoms with E-state index >= 15 is 0 Å². The molecule has 6 heteroatoms. The second-order valence-electron chi connectivity index (χ2n) is 6.40. The molecule has 0 saturated heterocycles. The molecule has 4 atom stereocenters. The number of rotatable bonds is 5. The van der Waals surface area contributed by atoms with E-state index in [9.17, 15) is 19.5 Å². The lowest BCUT2D eigenvalue weighted by Gasteiger charge is -2.43. The van der Waals surface area contributed by atoms with Gasteiger partial charge in [0.25, 0.3) is 0 Å². The summed E-state index contributed by atoms with van der Waals surface area (Å²) >= 11 is 0. The van der Waals surface area contributed by atoms with Gasteiger partial charge in [0.05, 0.1) is 24.7 Å². The van der Waals surface area contributed by atoms with Gasteiger partial charge in [-0.2, -0.15) is 0 Å². The van der Waals surface area contributed by atoms with E-state index in [1.165, 1.54) is 6.92 Å². The molecule has 1 aliphatic rings. The summed E-state index contributed by atoms with van der Waals surface area (Å²) in [6, 6.07) is 8.78. The van der Waals surface area contributed by atoms with Crippen molar-refractivity contribution in [2.45, 2.75) is 38.7 Å². The van der Waals surface area contributed by atoms with Gasteiger partial charge < -0.3 is 14.6 Å². The molecule has 0 amide bonds. The minimum atomic E-state index is -1.60. The van der Waals surface area contributed by atoms with Crippen molar-refractivity contribution in [1.82, 2.24) is 0 Å².